The molecule has 3 rings (SSSR count). The maximum Gasteiger partial charge on any atom is 0.270 e. The second-order valence-corrected chi connectivity index (χ2v) is 7.35. The van der Waals surface area contributed by atoms with Crippen LogP contribution in [0.15, 0.2) is 41.3 Å². The lowest BCUT2D eigenvalue weighted by molar-refractivity contribution is -0.113. The summed E-state index contributed by atoms with van der Waals surface area (Å²) in [5.74, 6) is 0.556. The van der Waals surface area contributed by atoms with Gasteiger partial charge in [-0.05, 0) is 48.0 Å². The van der Waals surface area contributed by atoms with Crippen molar-refractivity contribution in [3.63, 3.8) is 0 Å². The van der Waals surface area contributed by atoms with Crippen molar-refractivity contribution in [2.24, 2.45) is 0 Å². The first-order chi connectivity index (χ1) is 12.4. The Balaban J connectivity index is 1.93. The highest BCUT2D eigenvalue weighted by Gasteiger charge is 2.33. The number of carbonyl (C=O) groups is 1. The molecule has 2 aromatic carbocycles. The van der Waals surface area contributed by atoms with E-state index in [1.165, 1.54) is 23.8 Å². The van der Waals surface area contributed by atoms with Gasteiger partial charge in [0.15, 0.2) is 15.8 Å². The number of amides is 1. The van der Waals surface area contributed by atoms with Crippen LogP contribution in [0, 0.1) is 0 Å². The molecule has 0 spiro atoms. The highest BCUT2D eigenvalue weighted by molar-refractivity contribution is 8.27. The zero-order chi connectivity index (χ0) is 18.8. The lowest BCUT2D eigenvalue weighted by Gasteiger charge is -2.14. The SMILES string of the molecule is COc1ccc(N2C(=O)/C(=C/c3cc(Cl)c(O)c(OC)c3)SC2=S)cc1. The van der Waals surface area contributed by atoms with Gasteiger partial charge in [-0.2, -0.15) is 0 Å². The number of anilines is 1. The number of halogens is 1. The fraction of sp³-hybridized carbons (Fsp3) is 0.111. The molecule has 2 aromatic rings. The highest BCUT2D eigenvalue weighted by Crippen LogP contribution is 2.39. The van der Waals surface area contributed by atoms with Crippen molar-refractivity contribution in [1.29, 1.82) is 0 Å². The second kappa shape index (κ2) is 7.57. The summed E-state index contributed by atoms with van der Waals surface area (Å²) in [7, 11) is 3.01. The number of rotatable bonds is 4. The molecule has 1 fully saturated rings. The Morgan fingerprint density at radius 1 is 1.19 bits per heavy atom. The van der Waals surface area contributed by atoms with Crippen molar-refractivity contribution in [2.75, 3.05) is 19.1 Å². The first-order valence-corrected chi connectivity index (χ1v) is 9.03. The topological polar surface area (TPSA) is 59.0 Å². The zero-order valence-electron chi connectivity index (χ0n) is 13.9. The average Bonchev–Trinajstić information content (AvgIpc) is 2.91. The molecule has 1 aliphatic rings. The quantitative estimate of drug-likeness (QED) is 0.596. The smallest absolute Gasteiger partial charge is 0.270 e. The summed E-state index contributed by atoms with van der Waals surface area (Å²) in [6.45, 7) is 0. The monoisotopic (exact) mass is 407 g/mol. The summed E-state index contributed by atoms with van der Waals surface area (Å²) in [4.78, 5) is 14.7. The second-order valence-electron chi connectivity index (χ2n) is 5.27. The van der Waals surface area contributed by atoms with Gasteiger partial charge < -0.3 is 14.6 Å². The third-order valence-electron chi connectivity index (χ3n) is 3.69. The van der Waals surface area contributed by atoms with E-state index >= 15 is 0 Å². The van der Waals surface area contributed by atoms with Crippen LogP contribution in [0.1, 0.15) is 5.56 Å². The number of hydrogen-bond acceptors (Lipinski definition) is 6. The van der Waals surface area contributed by atoms with Gasteiger partial charge in [-0.25, -0.2) is 0 Å². The largest absolute Gasteiger partial charge is 0.503 e. The van der Waals surface area contributed by atoms with Crippen molar-refractivity contribution in [3.05, 3.63) is 51.9 Å². The van der Waals surface area contributed by atoms with Gasteiger partial charge in [-0.1, -0.05) is 35.6 Å². The maximum atomic E-state index is 12.8. The molecule has 0 saturated carbocycles. The third kappa shape index (κ3) is 3.51. The molecule has 1 heterocycles. The summed E-state index contributed by atoms with van der Waals surface area (Å²) >= 11 is 12.6. The first kappa shape index (κ1) is 18.6. The molecular formula is C18H14ClNO4S2. The molecule has 1 aliphatic heterocycles. The van der Waals surface area contributed by atoms with E-state index in [4.69, 9.17) is 33.3 Å². The Labute approximate surface area is 165 Å². The van der Waals surface area contributed by atoms with E-state index in [0.29, 0.717) is 26.2 Å². The molecule has 26 heavy (non-hydrogen) atoms. The molecule has 0 atom stereocenters. The molecule has 0 aliphatic carbocycles. The molecule has 0 radical (unpaired) electrons. The van der Waals surface area contributed by atoms with E-state index in [1.54, 1.807) is 49.6 Å². The van der Waals surface area contributed by atoms with Crippen LogP contribution in [-0.2, 0) is 4.79 Å². The fourth-order valence-corrected chi connectivity index (χ4v) is 3.92. The standard InChI is InChI=1S/C18H14ClNO4S2/c1-23-12-5-3-11(4-6-12)20-17(22)15(26-18(20)25)9-10-7-13(19)16(21)14(8-10)24-2/h3-9,21H,1-2H3/b15-9-. The van der Waals surface area contributed by atoms with Crippen LogP contribution in [0.2, 0.25) is 5.02 Å². The molecule has 1 saturated heterocycles. The number of methoxy groups -OCH3 is 2. The van der Waals surface area contributed by atoms with Gasteiger partial charge in [-0.3, -0.25) is 9.69 Å². The maximum absolute atomic E-state index is 12.8. The summed E-state index contributed by atoms with van der Waals surface area (Å²) in [6, 6.07) is 10.2. The van der Waals surface area contributed by atoms with Crippen LogP contribution in [0.4, 0.5) is 5.69 Å². The summed E-state index contributed by atoms with van der Waals surface area (Å²) in [6.07, 6.45) is 1.66. The Hall–Kier alpha value is -2.22. The van der Waals surface area contributed by atoms with E-state index in [9.17, 15) is 9.90 Å². The number of thioether (sulfide) groups is 1. The van der Waals surface area contributed by atoms with Crippen molar-refractivity contribution in [2.45, 2.75) is 0 Å². The predicted octanol–water partition coefficient (Wildman–Crippen LogP) is 4.47. The number of carbonyl (C=O) groups excluding carboxylic acids is 1. The molecule has 0 bridgehead atoms. The zero-order valence-corrected chi connectivity index (χ0v) is 16.2. The van der Waals surface area contributed by atoms with E-state index in [-0.39, 0.29) is 22.4 Å². The predicted molar refractivity (Wildman–Crippen MR) is 108 cm³/mol. The van der Waals surface area contributed by atoms with Gasteiger partial charge in [0.1, 0.15) is 5.75 Å². The van der Waals surface area contributed by atoms with Crippen LogP contribution in [0.3, 0.4) is 0 Å². The number of thiocarbonyl (C=S) groups is 1. The van der Waals surface area contributed by atoms with Gasteiger partial charge in [0.2, 0.25) is 0 Å². The van der Waals surface area contributed by atoms with Crippen molar-refractivity contribution >= 4 is 57.6 Å². The number of aromatic hydroxyl groups is 1. The van der Waals surface area contributed by atoms with E-state index in [2.05, 4.69) is 0 Å². The van der Waals surface area contributed by atoms with Crippen LogP contribution in [-0.4, -0.2) is 29.6 Å². The van der Waals surface area contributed by atoms with Gasteiger partial charge >= 0.3 is 0 Å². The summed E-state index contributed by atoms with van der Waals surface area (Å²) in [5.41, 5.74) is 1.29. The molecule has 1 amide bonds. The summed E-state index contributed by atoms with van der Waals surface area (Å²) < 4.78 is 10.7. The van der Waals surface area contributed by atoms with E-state index < -0.39 is 0 Å². The van der Waals surface area contributed by atoms with E-state index in [0.717, 1.165) is 0 Å². The lowest BCUT2D eigenvalue weighted by atomic mass is 10.1. The Morgan fingerprint density at radius 3 is 2.50 bits per heavy atom. The van der Waals surface area contributed by atoms with Crippen LogP contribution in [0.25, 0.3) is 6.08 Å². The molecule has 5 nitrogen and oxygen atoms in total. The van der Waals surface area contributed by atoms with Crippen LogP contribution in [0.5, 0.6) is 17.2 Å². The van der Waals surface area contributed by atoms with Gasteiger partial charge in [-0.15, -0.1) is 0 Å². The molecule has 1 N–H and O–H groups in total. The summed E-state index contributed by atoms with van der Waals surface area (Å²) in [5, 5.41) is 9.96. The Bertz CT molecular complexity index is 912. The molecule has 0 aromatic heterocycles. The van der Waals surface area contributed by atoms with Crippen molar-refractivity contribution in [1.82, 2.24) is 0 Å². The first-order valence-electron chi connectivity index (χ1n) is 7.43. The molecule has 0 unspecified atom stereocenters. The van der Waals surface area contributed by atoms with Crippen molar-refractivity contribution in [3.8, 4) is 17.2 Å². The molecular weight excluding hydrogens is 394 g/mol. The Morgan fingerprint density at radius 2 is 1.88 bits per heavy atom. The van der Waals surface area contributed by atoms with Crippen LogP contribution >= 0.6 is 35.6 Å². The Kier molecular flexibility index (Phi) is 5.41. The fourth-order valence-electron chi connectivity index (χ4n) is 2.41. The number of phenols is 1. The number of hydrogen-bond donors (Lipinski definition) is 1. The van der Waals surface area contributed by atoms with E-state index in [1.807, 2.05) is 0 Å². The van der Waals surface area contributed by atoms with Gasteiger partial charge in [0.25, 0.3) is 5.91 Å². The van der Waals surface area contributed by atoms with Gasteiger partial charge in [0.05, 0.1) is 29.8 Å². The minimum atomic E-state index is -0.228. The van der Waals surface area contributed by atoms with Gasteiger partial charge in [0, 0.05) is 0 Å². The lowest BCUT2D eigenvalue weighted by Crippen LogP contribution is -2.27. The number of phenolic OH excluding ortho intramolecular Hbond substituents is 1. The number of benzene rings is 2. The highest BCUT2D eigenvalue weighted by atomic mass is 35.5. The average molecular weight is 408 g/mol. The van der Waals surface area contributed by atoms with Crippen LogP contribution < -0.4 is 14.4 Å². The number of nitrogens with zero attached hydrogens (tertiary/aromatic N) is 1. The van der Waals surface area contributed by atoms with Crippen molar-refractivity contribution < 1.29 is 19.4 Å². The minimum absolute atomic E-state index is 0.140. The third-order valence-corrected chi connectivity index (χ3v) is 5.28. The minimum Gasteiger partial charge on any atom is -0.503 e. The molecule has 8 heteroatoms. The normalized spacial score (nSPS) is 15.7. The number of ether oxygens (including phenoxy) is 2. The molecule has 134 valence electrons.